The van der Waals surface area contributed by atoms with Crippen molar-refractivity contribution in [2.75, 3.05) is 20.8 Å². The smallest absolute Gasteiger partial charge is 0.124 e. The second kappa shape index (κ2) is 5.62. The van der Waals surface area contributed by atoms with Gasteiger partial charge in [0.25, 0.3) is 0 Å². The van der Waals surface area contributed by atoms with E-state index in [4.69, 9.17) is 14.6 Å². The van der Waals surface area contributed by atoms with E-state index in [0.29, 0.717) is 6.42 Å². The van der Waals surface area contributed by atoms with Gasteiger partial charge in [-0.05, 0) is 6.07 Å². The standard InChI is InChI=1S/C11H16O3/c1-13-10-6-4-3-5-9(10)11(14-2)7-8-12/h3-6,11-12H,7-8H2,1-2H3. The first-order valence-electron chi connectivity index (χ1n) is 4.60. The van der Waals surface area contributed by atoms with Gasteiger partial charge in [-0.1, -0.05) is 18.2 Å². The fourth-order valence-electron chi connectivity index (χ4n) is 1.45. The van der Waals surface area contributed by atoms with E-state index < -0.39 is 0 Å². The van der Waals surface area contributed by atoms with E-state index in [1.807, 2.05) is 24.3 Å². The van der Waals surface area contributed by atoms with Crippen molar-refractivity contribution in [2.45, 2.75) is 12.5 Å². The van der Waals surface area contributed by atoms with E-state index in [-0.39, 0.29) is 12.7 Å². The van der Waals surface area contributed by atoms with Crippen LogP contribution in [0.4, 0.5) is 0 Å². The predicted octanol–water partition coefficient (Wildman–Crippen LogP) is 1.77. The molecule has 0 bridgehead atoms. The zero-order valence-electron chi connectivity index (χ0n) is 8.56. The number of para-hydroxylation sites is 1. The maximum absolute atomic E-state index is 8.87. The molecule has 0 aliphatic carbocycles. The molecule has 1 atom stereocenters. The first kappa shape index (κ1) is 11.0. The van der Waals surface area contributed by atoms with Gasteiger partial charge in [0.2, 0.25) is 0 Å². The second-order valence-electron chi connectivity index (χ2n) is 2.98. The predicted molar refractivity (Wildman–Crippen MR) is 54.4 cm³/mol. The Morgan fingerprint density at radius 2 is 2.00 bits per heavy atom. The number of benzene rings is 1. The molecule has 0 aliphatic heterocycles. The van der Waals surface area contributed by atoms with Crippen molar-refractivity contribution in [1.82, 2.24) is 0 Å². The highest BCUT2D eigenvalue weighted by molar-refractivity contribution is 5.35. The summed E-state index contributed by atoms with van der Waals surface area (Å²) in [5.41, 5.74) is 0.978. The van der Waals surface area contributed by atoms with Crippen molar-refractivity contribution < 1.29 is 14.6 Å². The molecule has 1 rings (SSSR count). The zero-order chi connectivity index (χ0) is 10.4. The fraction of sp³-hybridized carbons (Fsp3) is 0.455. The second-order valence-corrected chi connectivity index (χ2v) is 2.98. The lowest BCUT2D eigenvalue weighted by atomic mass is 10.1. The van der Waals surface area contributed by atoms with Gasteiger partial charge in [0.15, 0.2) is 0 Å². The van der Waals surface area contributed by atoms with Crippen LogP contribution in [0.5, 0.6) is 5.75 Å². The third kappa shape index (κ3) is 2.47. The Morgan fingerprint density at radius 3 is 2.57 bits per heavy atom. The van der Waals surface area contributed by atoms with E-state index >= 15 is 0 Å². The van der Waals surface area contributed by atoms with Crippen LogP contribution in [0.2, 0.25) is 0 Å². The van der Waals surface area contributed by atoms with Crippen molar-refractivity contribution in [3.05, 3.63) is 29.8 Å². The van der Waals surface area contributed by atoms with Gasteiger partial charge in [-0.25, -0.2) is 0 Å². The Balaban J connectivity index is 2.90. The molecule has 3 heteroatoms. The van der Waals surface area contributed by atoms with Gasteiger partial charge >= 0.3 is 0 Å². The molecule has 1 aromatic rings. The summed E-state index contributed by atoms with van der Waals surface area (Å²) in [7, 11) is 3.26. The first-order valence-corrected chi connectivity index (χ1v) is 4.60. The lowest BCUT2D eigenvalue weighted by Gasteiger charge is -2.17. The van der Waals surface area contributed by atoms with Gasteiger partial charge < -0.3 is 14.6 Å². The quantitative estimate of drug-likeness (QED) is 0.780. The fourth-order valence-corrected chi connectivity index (χ4v) is 1.45. The third-order valence-electron chi connectivity index (χ3n) is 2.16. The molecule has 0 aromatic heterocycles. The summed E-state index contributed by atoms with van der Waals surface area (Å²) in [5, 5.41) is 8.87. The van der Waals surface area contributed by atoms with Gasteiger partial charge in [0.1, 0.15) is 5.75 Å². The van der Waals surface area contributed by atoms with Crippen LogP contribution in [0.3, 0.4) is 0 Å². The molecule has 0 saturated heterocycles. The lowest BCUT2D eigenvalue weighted by Crippen LogP contribution is -2.05. The average Bonchev–Trinajstić information content (AvgIpc) is 2.26. The zero-order valence-corrected chi connectivity index (χ0v) is 8.56. The Labute approximate surface area is 84.3 Å². The van der Waals surface area contributed by atoms with Crippen LogP contribution in [-0.2, 0) is 4.74 Å². The summed E-state index contributed by atoms with van der Waals surface area (Å²) in [6.07, 6.45) is 0.479. The third-order valence-corrected chi connectivity index (χ3v) is 2.16. The van der Waals surface area contributed by atoms with Crippen LogP contribution in [0.1, 0.15) is 18.1 Å². The van der Waals surface area contributed by atoms with E-state index in [9.17, 15) is 0 Å². The summed E-state index contributed by atoms with van der Waals surface area (Å²) in [6, 6.07) is 7.68. The van der Waals surface area contributed by atoms with Crippen molar-refractivity contribution in [1.29, 1.82) is 0 Å². The Morgan fingerprint density at radius 1 is 1.29 bits per heavy atom. The van der Waals surface area contributed by atoms with Crippen LogP contribution in [0, 0.1) is 0 Å². The minimum absolute atomic E-state index is 0.101. The normalized spacial score (nSPS) is 12.5. The molecule has 1 unspecified atom stereocenters. The van der Waals surface area contributed by atoms with Gasteiger partial charge in [0, 0.05) is 25.7 Å². The highest BCUT2D eigenvalue weighted by Gasteiger charge is 2.13. The molecule has 0 aliphatic rings. The van der Waals surface area contributed by atoms with Crippen molar-refractivity contribution in [3.8, 4) is 5.75 Å². The molecule has 0 spiro atoms. The summed E-state index contributed by atoms with van der Waals surface area (Å²) < 4.78 is 10.5. The van der Waals surface area contributed by atoms with Crippen LogP contribution < -0.4 is 4.74 Å². The van der Waals surface area contributed by atoms with Crippen LogP contribution >= 0.6 is 0 Å². The minimum Gasteiger partial charge on any atom is -0.496 e. The summed E-state index contributed by atoms with van der Waals surface area (Å²) >= 11 is 0. The lowest BCUT2D eigenvalue weighted by molar-refractivity contribution is 0.0755. The number of rotatable bonds is 5. The minimum atomic E-state index is -0.101. The van der Waals surface area contributed by atoms with E-state index in [0.717, 1.165) is 11.3 Å². The highest BCUT2D eigenvalue weighted by atomic mass is 16.5. The molecule has 0 heterocycles. The molecule has 78 valence electrons. The Kier molecular flexibility index (Phi) is 4.43. The number of methoxy groups -OCH3 is 2. The molecule has 0 radical (unpaired) electrons. The van der Waals surface area contributed by atoms with Crippen LogP contribution in [0.25, 0.3) is 0 Å². The molecule has 14 heavy (non-hydrogen) atoms. The van der Waals surface area contributed by atoms with Gasteiger partial charge in [-0.2, -0.15) is 0 Å². The molecular weight excluding hydrogens is 180 g/mol. The Hall–Kier alpha value is -1.06. The van der Waals surface area contributed by atoms with Crippen molar-refractivity contribution in [3.63, 3.8) is 0 Å². The van der Waals surface area contributed by atoms with E-state index in [1.54, 1.807) is 14.2 Å². The largest absolute Gasteiger partial charge is 0.496 e. The summed E-state index contributed by atoms with van der Waals surface area (Å²) in [5.74, 6) is 0.799. The van der Waals surface area contributed by atoms with Gasteiger partial charge in [-0.3, -0.25) is 0 Å². The van der Waals surface area contributed by atoms with Crippen LogP contribution in [0.15, 0.2) is 24.3 Å². The van der Waals surface area contributed by atoms with Gasteiger partial charge in [0.05, 0.1) is 13.2 Å². The summed E-state index contributed by atoms with van der Waals surface area (Å²) in [6.45, 7) is 0.108. The maximum Gasteiger partial charge on any atom is 0.124 e. The van der Waals surface area contributed by atoms with Crippen molar-refractivity contribution in [2.24, 2.45) is 0 Å². The summed E-state index contributed by atoms with van der Waals surface area (Å²) in [4.78, 5) is 0. The first-order chi connectivity index (χ1) is 6.83. The SMILES string of the molecule is COc1ccccc1C(CCO)OC. The number of ether oxygens (including phenoxy) is 2. The van der Waals surface area contributed by atoms with Crippen molar-refractivity contribution >= 4 is 0 Å². The number of hydrogen-bond acceptors (Lipinski definition) is 3. The number of aliphatic hydroxyl groups excluding tert-OH is 1. The molecule has 0 amide bonds. The average molecular weight is 196 g/mol. The van der Waals surface area contributed by atoms with E-state index in [1.165, 1.54) is 0 Å². The number of hydrogen-bond donors (Lipinski definition) is 1. The van der Waals surface area contributed by atoms with Crippen LogP contribution in [-0.4, -0.2) is 25.9 Å². The Bertz CT molecular complexity index is 273. The number of aliphatic hydroxyl groups is 1. The molecule has 1 aromatic carbocycles. The molecule has 0 fully saturated rings. The maximum atomic E-state index is 8.87. The van der Waals surface area contributed by atoms with E-state index in [2.05, 4.69) is 0 Å². The molecular formula is C11H16O3. The molecule has 0 saturated carbocycles. The molecule has 1 N–H and O–H groups in total. The van der Waals surface area contributed by atoms with Gasteiger partial charge in [-0.15, -0.1) is 0 Å². The highest BCUT2D eigenvalue weighted by Crippen LogP contribution is 2.28. The monoisotopic (exact) mass is 196 g/mol. The topological polar surface area (TPSA) is 38.7 Å². The molecule has 3 nitrogen and oxygen atoms in total.